The number of aromatic nitrogens is 2. The van der Waals surface area contributed by atoms with Crippen LogP contribution in [0, 0.1) is 0 Å². The fourth-order valence-corrected chi connectivity index (χ4v) is 1.97. The third kappa shape index (κ3) is 3.74. The summed E-state index contributed by atoms with van der Waals surface area (Å²) in [4.78, 5) is 4.19. The van der Waals surface area contributed by atoms with E-state index in [0.717, 1.165) is 30.9 Å². The maximum absolute atomic E-state index is 5.42. The summed E-state index contributed by atoms with van der Waals surface area (Å²) in [6, 6.07) is 8.03. The van der Waals surface area contributed by atoms with Crippen LogP contribution in [0.15, 0.2) is 36.8 Å². The Bertz CT molecular complexity index is 490. The molecule has 0 aliphatic carbocycles. The van der Waals surface area contributed by atoms with Gasteiger partial charge in [0, 0.05) is 18.4 Å². The van der Waals surface area contributed by atoms with Gasteiger partial charge in [-0.3, -0.25) is 0 Å². The summed E-state index contributed by atoms with van der Waals surface area (Å²) < 4.78 is 7.60. The van der Waals surface area contributed by atoms with Crippen molar-refractivity contribution in [3.63, 3.8) is 0 Å². The topological polar surface area (TPSA) is 39.1 Å². The fourth-order valence-electron chi connectivity index (χ4n) is 1.97. The Kier molecular flexibility index (Phi) is 4.84. The summed E-state index contributed by atoms with van der Waals surface area (Å²) >= 11 is 0. The van der Waals surface area contributed by atoms with E-state index in [4.69, 9.17) is 4.74 Å². The van der Waals surface area contributed by atoms with Gasteiger partial charge >= 0.3 is 0 Å². The Morgan fingerprint density at radius 1 is 1.21 bits per heavy atom. The van der Waals surface area contributed by atoms with E-state index in [1.165, 1.54) is 5.69 Å². The normalized spacial score (nSPS) is 10.4. The first-order valence-corrected chi connectivity index (χ1v) is 6.79. The molecular weight excluding hydrogens is 238 g/mol. The summed E-state index contributed by atoms with van der Waals surface area (Å²) in [5.74, 6) is 0.907. The average Bonchev–Trinajstić information content (AvgIpc) is 2.86. The first kappa shape index (κ1) is 13.5. The van der Waals surface area contributed by atoms with E-state index in [2.05, 4.69) is 21.8 Å². The lowest BCUT2D eigenvalue weighted by molar-refractivity contribution is 0.340. The second-order valence-electron chi connectivity index (χ2n) is 4.39. The lowest BCUT2D eigenvalue weighted by Crippen LogP contribution is -2.06. The number of aryl methyl sites for hydroxylation is 1. The Hall–Kier alpha value is -1.97. The molecule has 1 aromatic heterocycles. The van der Waals surface area contributed by atoms with Gasteiger partial charge in [-0.05, 0) is 37.6 Å². The van der Waals surface area contributed by atoms with E-state index >= 15 is 0 Å². The highest BCUT2D eigenvalue weighted by molar-refractivity contribution is 5.46. The number of ether oxygens (including phenoxy) is 1. The highest BCUT2D eigenvalue weighted by atomic mass is 16.5. The quantitative estimate of drug-likeness (QED) is 0.829. The molecule has 1 N–H and O–H groups in total. The third-order valence-electron chi connectivity index (χ3n) is 2.90. The zero-order valence-electron chi connectivity index (χ0n) is 11.6. The second kappa shape index (κ2) is 6.83. The van der Waals surface area contributed by atoms with E-state index in [9.17, 15) is 0 Å². The maximum Gasteiger partial charge on any atom is 0.119 e. The molecule has 4 nitrogen and oxygen atoms in total. The van der Waals surface area contributed by atoms with E-state index in [1.54, 1.807) is 0 Å². The van der Waals surface area contributed by atoms with Crippen LogP contribution in [-0.2, 0) is 13.1 Å². The van der Waals surface area contributed by atoms with E-state index in [1.807, 2.05) is 43.7 Å². The molecule has 4 heteroatoms. The SMILES string of the molecule is CCCn1cncc1CNc1ccc(OCC)cc1. The highest BCUT2D eigenvalue weighted by Crippen LogP contribution is 2.16. The smallest absolute Gasteiger partial charge is 0.119 e. The van der Waals surface area contributed by atoms with Crippen molar-refractivity contribution < 1.29 is 4.74 Å². The maximum atomic E-state index is 5.42. The molecule has 102 valence electrons. The number of nitrogens with zero attached hydrogens (tertiary/aromatic N) is 2. The van der Waals surface area contributed by atoms with E-state index in [-0.39, 0.29) is 0 Å². The van der Waals surface area contributed by atoms with Crippen molar-refractivity contribution in [2.24, 2.45) is 0 Å². The van der Waals surface area contributed by atoms with Gasteiger partial charge in [-0.1, -0.05) is 6.92 Å². The van der Waals surface area contributed by atoms with Crippen molar-refractivity contribution in [1.82, 2.24) is 9.55 Å². The molecule has 1 aromatic carbocycles. The molecule has 0 saturated heterocycles. The fraction of sp³-hybridized carbons (Fsp3) is 0.400. The largest absolute Gasteiger partial charge is 0.494 e. The Morgan fingerprint density at radius 3 is 2.68 bits per heavy atom. The number of anilines is 1. The van der Waals surface area contributed by atoms with Gasteiger partial charge in [0.1, 0.15) is 5.75 Å². The van der Waals surface area contributed by atoms with Gasteiger partial charge in [-0.15, -0.1) is 0 Å². The van der Waals surface area contributed by atoms with Crippen LogP contribution < -0.4 is 10.1 Å². The third-order valence-corrected chi connectivity index (χ3v) is 2.90. The van der Waals surface area contributed by atoms with Crippen LogP contribution in [0.3, 0.4) is 0 Å². The van der Waals surface area contributed by atoms with Crippen molar-refractivity contribution in [1.29, 1.82) is 0 Å². The monoisotopic (exact) mass is 259 g/mol. The van der Waals surface area contributed by atoms with Gasteiger partial charge in [0.2, 0.25) is 0 Å². The van der Waals surface area contributed by atoms with Crippen LogP contribution >= 0.6 is 0 Å². The molecule has 1 heterocycles. The van der Waals surface area contributed by atoms with Crippen LogP contribution in [0.25, 0.3) is 0 Å². The van der Waals surface area contributed by atoms with E-state index in [0.29, 0.717) is 6.61 Å². The molecule has 0 saturated carbocycles. The van der Waals surface area contributed by atoms with Gasteiger partial charge < -0.3 is 14.6 Å². The number of imidazole rings is 1. The number of benzene rings is 1. The molecule has 0 aliphatic heterocycles. The lowest BCUT2D eigenvalue weighted by Gasteiger charge is -2.10. The Labute approximate surface area is 114 Å². The Morgan fingerprint density at radius 2 is 2.00 bits per heavy atom. The number of nitrogens with one attached hydrogen (secondary N) is 1. The predicted octanol–water partition coefficient (Wildman–Crippen LogP) is 3.30. The number of hydrogen-bond acceptors (Lipinski definition) is 3. The zero-order valence-corrected chi connectivity index (χ0v) is 11.6. The molecule has 0 radical (unpaired) electrons. The first-order valence-electron chi connectivity index (χ1n) is 6.79. The van der Waals surface area contributed by atoms with Gasteiger partial charge in [-0.2, -0.15) is 0 Å². The molecule has 0 atom stereocenters. The molecule has 2 aromatic rings. The first-order chi connectivity index (χ1) is 9.33. The van der Waals surface area contributed by atoms with Crippen LogP contribution in [0.2, 0.25) is 0 Å². The summed E-state index contributed by atoms with van der Waals surface area (Å²) in [7, 11) is 0. The van der Waals surface area contributed by atoms with Gasteiger partial charge in [-0.25, -0.2) is 4.98 Å². The lowest BCUT2D eigenvalue weighted by atomic mass is 10.3. The molecule has 0 fully saturated rings. The van der Waals surface area contributed by atoms with Crippen molar-refractivity contribution in [3.8, 4) is 5.75 Å². The van der Waals surface area contributed by atoms with Gasteiger partial charge in [0.25, 0.3) is 0 Å². The minimum absolute atomic E-state index is 0.697. The summed E-state index contributed by atoms with van der Waals surface area (Å²) in [5.41, 5.74) is 2.29. The molecule has 0 amide bonds. The summed E-state index contributed by atoms with van der Waals surface area (Å²) in [6.45, 7) is 6.65. The Balaban J connectivity index is 1.92. The van der Waals surface area contributed by atoms with Crippen LogP contribution in [0.4, 0.5) is 5.69 Å². The second-order valence-corrected chi connectivity index (χ2v) is 4.39. The minimum atomic E-state index is 0.697. The molecule has 0 aliphatic rings. The van der Waals surface area contributed by atoms with Gasteiger partial charge in [0.05, 0.1) is 25.2 Å². The molecule has 0 spiro atoms. The van der Waals surface area contributed by atoms with Crippen LogP contribution in [-0.4, -0.2) is 16.2 Å². The standard InChI is InChI=1S/C15H21N3O/c1-3-9-18-12-16-10-14(18)11-17-13-5-7-15(8-6-13)19-4-2/h5-8,10,12,17H,3-4,9,11H2,1-2H3. The summed E-state index contributed by atoms with van der Waals surface area (Å²) in [6.07, 6.45) is 4.92. The number of hydrogen-bond donors (Lipinski definition) is 1. The minimum Gasteiger partial charge on any atom is -0.494 e. The molecular formula is C15H21N3O. The van der Waals surface area contributed by atoms with Crippen molar-refractivity contribution in [2.45, 2.75) is 33.4 Å². The summed E-state index contributed by atoms with van der Waals surface area (Å²) in [5, 5.41) is 3.40. The van der Waals surface area contributed by atoms with Crippen molar-refractivity contribution >= 4 is 5.69 Å². The van der Waals surface area contributed by atoms with Crippen molar-refractivity contribution in [3.05, 3.63) is 42.5 Å². The van der Waals surface area contributed by atoms with E-state index < -0.39 is 0 Å². The zero-order chi connectivity index (χ0) is 13.5. The molecule has 0 unspecified atom stereocenters. The molecule has 19 heavy (non-hydrogen) atoms. The predicted molar refractivity (Wildman–Crippen MR) is 77.5 cm³/mol. The molecule has 0 bridgehead atoms. The van der Waals surface area contributed by atoms with Crippen LogP contribution in [0.5, 0.6) is 5.75 Å². The van der Waals surface area contributed by atoms with Crippen LogP contribution in [0.1, 0.15) is 26.0 Å². The van der Waals surface area contributed by atoms with Crippen molar-refractivity contribution in [2.75, 3.05) is 11.9 Å². The average molecular weight is 259 g/mol. The number of rotatable bonds is 7. The molecule has 2 rings (SSSR count). The van der Waals surface area contributed by atoms with Gasteiger partial charge in [0.15, 0.2) is 0 Å². The highest BCUT2D eigenvalue weighted by Gasteiger charge is 2.01.